The molecule has 13 heavy (non-hydrogen) atoms. The number of hydrogen-bond acceptors (Lipinski definition) is 3. The minimum absolute atomic E-state index is 0.495. The van der Waals surface area contributed by atoms with Crippen LogP contribution >= 0.6 is 0 Å². The van der Waals surface area contributed by atoms with Crippen LogP contribution in [0.25, 0.3) is 0 Å². The van der Waals surface area contributed by atoms with Gasteiger partial charge in [0.1, 0.15) is 6.04 Å². The predicted octanol–water partition coefficient (Wildman–Crippen LogP) is 0.944. The Bertz CT molecular complexity index is 114. The van der Waals surface area contributed by atoms with Crippen molar-refractivity contribution >= 4 is 5.97 Å². The number of hydrogen-bond donors (Lipinski definition) is 3. The fraction of sp³-hybridized carbons (Fsp3) is 0.889. The highest BCUT2D eigenvalue weighted by atomic mass is 16.4. The van der Waals surface area contributed by atoms with Gasteiger partial charge < -0.3 is 16.6 Å². The molecule has 0 aliphatic heterocycles. The summed E-state index contributed by atoms with van der Waals surface area (Å²) >= 11 is 0. The van der Waals surface area contributed by atoms with Crippen molar-refractivity contribution in [3.8, 4) is 0 Å². The van der Waals surface area contributed by atoms with Crippen LogP contribution < -0.4 is 11.5 Å². The van der Waals surface area contributed by atoms with Crippen molar-refractivity contribution in [1.29, 1.82) is 0 Å². The maximum absolute atomic E-state index is 9.81. The van der Waals surface area contributed by atoms with Crippen molar-refractivity contribution in [3.63, 3.8) is 0 Å². The van der Waals surface area contributed by atoms with Crippen LogP contribution in [0.1, 0.15) is 39.5 Å². The summed E-state index contributed by atoms with van der Waals surface area (Å²) in [4.78, 5) is 9.81. The summed E-state index contributed by atoms with van der Waals surface area (Å²) in [6.45, 7) is 4.77. The molecule has 0 saturated carbocycles. The van der Waals surface area contributed by atoms with Gasteiger partial charge in [-0.15, -0.1) is 0 Å². The van der Waals surface area contributed by atoms with Crippen LogP contribution in [-0.4, -0.2) is 23.7 Å². The third-order valence-electron chi connectivity index (χ3n) is 1.56. The molecule has 0 heterocycles. The van der Waals surface area contributed by atoms with Crippen LogP contribution in [0.15, 0.2) is 0 Å². The molecule has 0 fully saturated rings. The monoisotopic (exact) mass is 190 g/mol. The first-order valence-electron chi connectivity index (χ1n) is 4.78. The molecule has 0 radical (unpaired) electrons. The Morgan fingerprint density at radius 1 is 1.38 bits per heavy atom. The van der Waals surface area contributed by atoms with Gasteiger partial charge in [-0.3, -0.25) is 4.79 Å². The molecule has 80 valence electrons. The Balaban J connectivity index is 0. The predicted molar refractivity (Wildman–Crippen MR) is 54.5 cm³/mol. The molecule has 1 unspecified atom stereocenters. The van der Waals surface area contributed by atoms with Gasteiger partial charge in [-0.25, -0.2) is 0 Å². The van der Waals surface area contributed by atoms with Crippen molar-refractivity contribution < 1.29 is 9.90 Å². The lowest BCUT2D eigenvalue weighted by Crippen LogP contribution is -2.28. The van der Waals surface area contributed by atoms with Gasteiger partial charge in [-0.1, -0.05) is 26.7 Å². The highest BCUT2D eigenvalue weighted by molar-refractivity contribution is 5.72. The van der Waals surface area contributed by atoms with Crippen molar-refractivity contribution in [3.05, 3.63) is 0 Å². The largest absolute Gasteiger partial charge is 0.480 e. The number of carbonyl (C=O) groups is 1. The lowest BCUT2D eigenvalue weighted by molar-refractivity contribution is -0.138. The Kier molecular flexibility index (Phi) is 13.0. The number of rotatable bonds is 5. The van der Waals surface area contributed by atoms with Crippen LogP contribution in [0, 0.1) is 0 Å². The van der Waals surface area contributed by atoms with E-state index in [0.29, 0.717) is 6.42 Å². The number of carboxylic acid groups (broad SMARTS) is 1. The number of aliphatic carboxylic acids is 1. The molecular formula is C9H22N2O2. The maximum atomic E-state index is 9.81. The zero-order chi connectivity index (χ0) is 10.7. The van der Waals surface area contributed by atoms with E-state index in [2.05, 4.69) is 6.92 Å². The van der Waals surface area contributed by atoms with E-state index in [1.54, 1.807) is 6.92 Å². The lowest BCUT2D eigenvalue weighted by Gasteiger charge is -1.97. The fourth-order valence-corrected chi connectivity index (χ4v) is 0.569. The third kappa shape index (κ3) is 14.3. The van der Waals surface area contributed by atoms with Crippen LogP contribution in [-0.2, 0) is 4.79 Å². The van der Waals surface area contributed by atoms with E-state index in [4.69, 9.17) is 16.6 Å². The molecule has 0 aromatic rings. The summed E-state index contributed by atoms with van der Waals surface area (Å²) in [6, 6.07) is -0.681. The molecule has 0 amide bonds. The fourth-order valence-electron chi connectivity index (χ4n) is 0.569. The summed E-state index contributed by atoms with van der Waals surface area (Å²) in [6.07, 6.45) is 4.25. The molecule has 5 N–H and O–H groups in total. The maximum Gasteiger partial charge on any atom is 0.320 e. The van der Waals surface area contributed by atoms with Gasteiger partial charge >= 0.3 is 5.97 Å². The zero-order valence-electron chi connectivity index (χ0n) is 8.62. The minimum Gasteiger partial charge on any atom is -0.480 e. The van der Waals surface area contributed by atoms with Gasteiger partial charge in [0.05, 0.1) is 0 Å². The van der Waals surface area contributed by atoms with Gasteiger partial charge in [0.15, 0.2) is 0 Å². The number of unbranched alkanes of at least 4 members (excludes halogenated alkanes) is 2. The molecular weight excluding hydrogens is 168 g/mol. The SMILES string of the molecule is CCC(N)C(=O)O.CCCCCN. The summed E-state index contributed by atoms with van der Waals surface area (Å²) in [5, 5.41) is 8.06. The quantitative estimate of drug-likeness (QED) is 0.563. The molecule has 4 heteroatoms. The molecule has 0 aromatic heterocycles. The van der Waals surface area contributed by atoms with Crippen LogP contribution in [0.4, 0.5) is 0 Å². The van der Waals surface area contributed by atoms with Crippen LogP contribution in [0.3, 0.4) is 0 Å². The summed E-state index contributed by atoms with van der Waals surface area (Å²) < 4.78 is 0. The smallest absolute Gasteiger partial charge is 0.320 e. The molecule has 0 saturated heterocycles. The van der Waals surface area contributed by atoms with E-state index < -0.39 is 12.0 Å². The molecule has 1 atom stereocenters. The minimum atomic E-state index is -0.928. The van der Waals surface area contributed by atoms with Crippen molar-refractivity contribution in [2.75, 3.05) is 6.54 Å². The first-order valence-corrected chi connectivity index (χ1v) is 4.78. The van der Waals surface area contributed by atoms with E-state index in [0.717, 1.165) is 6.54 Å². The van der Waals surface area contributed by atoms with E-state index in [1.807, 2.05) is 0 Å². The zero-order valence-corrected chi connectivity index (χ0v) is 8.62. The third-order valence-corrected chi connectivity index (χ3v) is 1.56. The van der Waals surface area contributed by atoms with Crippen LogP contribution in [0.2, 0.25) is 0 Å². The van der Waals surface area contributed by atoms with Gasteiger partial charge in [-0.05, 0) is 19.4 Å². The molecule has 0 aliphatic rings. The first-order chi connectivity index (χ1) is 6.09. The summed E-state index contributed by atoms with van der Waals surface area (Å²) in [5.41, 5.74) is 10.2. The average Bonchev–Trinajstić information content (AvgIpc) is 2.14. The number of nitrogens with two attached hydrogens (primary N) is 2. The average molecular weight is 190 g/mol. The standard InChI is InChI=1S/C5H13N.C4H9NO2/c1-2-3-4-5-6;1-2-3(5)4(6)7/h2-6H2,1H3;3H,2,5H2,1H3,(H,6,7). The van der Waals surface area contributed by atoms with Gasteiger partial charge in [0.2, 0.25) is 0 Å². The molecule has 0 bridgehead atoms. The Hall–Kier alpha value is -0.610. The van der Waals surface area contributed by atoms with E-state index in [9.17, 15) is 4.79 Å². The normalized spacial score (nSPS) is 11.4. The molecule has 0 spiro atoms. The van der Waals surface area contributed by atoms with Gasteiger partial charge in [0.25, 0.3) is 0 Å². The summed E-state index contributed by atoms with van der Waals surface area (Å²) in [5.74, 6) is -0.928. The van der Waals surface area contributed by atoms with Crippen molar-refractivity contribution in [2.24, 2.45) is 11.5 Å². The van der Waals surface area contributed by atoms with Crippen LogP contribution in [0.5, 0.6) is 0 Å². The molecule has 0 aliphatic carbocycles. The van der Waals surface area contributed by atoms with Crippen molar-refractivity contribution in [2.45, 2.75) is 45.6 Å². The van der Waals surface area contributed by atoms with Crippen molar-refractivity contribution in [1.82, 2.24) is 0 Å². The van der Waals surface area contributed by atoms with Gasteiger partial charge in [0, 0.05) is 0 Å². The summed E-state index contributed by atoms with van der Waals surface area (Å²) in [7, 11) is 0. The Morgan fingerprint density at radius 2 is 1.92 bits per heavy atom. The van der Waals surface area contributed by atoms with Gasteiger partial charge in [-0.2, -0.15) is 0 Å². The topological polar surface area (TPSA) is 89.3 Å². The highest BCUT2D eigenvalue weighted by Gasteiger charge is 2.05. The Labute approximate surface area is 80.3 Å². The molecule has 0 aromatic carbocycles. The Morgan fingerprint density at radius 3 is 2.00 bits per heavy atom. The van der Waals surface area contributed by atoms with E-state index >= 15 is 0 Å². The first kappa shape index (κ1) is 14.9. The second-order valence-electron chi connectivity index (χ2n) is 2.85. The van der Waals surface area contributed by atoms with E-state index in [1.165, 1.54) is 19.3 Å². The second kappa shape index (κ2) is 11.4. The molecule has 0 rings (SSSR count). The number of carboxylic acids is 1. The van der Waals surface area contributed by atoms with E-state index in [-0.39, 0.29) is 0 Å². The molecule has 4 nitrogen and oxygen atoms in total. The lowest BCUT2D eigenvalue weighted by atomic mass is 10.2. The highest BCUT2D eigenvalue weighted by Crippen LogP contribution is 1.88. The second-order valence-corrected chi connectivity index (χ2v) is 2.85.